The molecule has 0 N–H and O–H groups in total. The topological polar surface area (TPSA) is 29.5 Å². The minimum atomic E-state index is 0.353. The molecule has 2 bridgehead atoms. The predicted molar refractivity (Wildman–Crippen MR) is 63.3 cm³/mol. The molecule has 0 aromatic rings. The third kappa shape index (κ3) is 1.35. The molecule has 1 aliphatic heterocycles. The molecule has 3 aliphatic carbocycles. The molecule has 4 atom stereocenters. The first-order valence-corrected chi connectivity index (χ1v) is 6.93. The van der Waals surface area contributed by atoms with Crippen LogP contribution in [0.2, 0.25) is 0 Å². The fraction of sp³-hybridized carbons (Fsp3) is 0.786. The monoisotopic (exact) mass is 233 g/mol. The van der Waals surface area contributed by atoms with Gasteiger partial charge in [-0.1, -0.05) is 0 Å². The Morgan fingerprint density at radius 2 is 1.82 bits per heavy atom. The van der Waals surface area contributed by atoms with E-state index >= 15 is 0 Å². The largest absolute Gasteiger partial charge is 0.378 e. The number of ketones is 1. The summed E-state index contributed by atoms with van der Waals surface area (Å²) >= 11 is 0. The molecule has 0 radical (unpaired) electrons. The van der Waals surface area contributed by atoms with E-state index in [1.165, 1.54) is 25.0 Å². The van der Waals surface area contributed by atoms with Crippen LogP contribution in [-0.4, -0.2) is 37.0 Å². The average molecular weight is 233 g/mol. The van der Waals surface area contributed by atoms with Crippen molar-refractivity contribution >= 4 is 5.78 Å². The molecule has 3 nitrogen and oxygen atoms in total. The molecule has 0 aromatic carbocycles. The third-order valence-electron chi connectivity index (χ3n) is 5.25. The molecule has 0 amide bonds. The van der Waals surface area contributed by atoms with E-state index < -0.39 is 0 Å². The van der Waals surface area contributed by atoms with Crippen LogP contribution < -0.4 is 0 Å². The smallest absolute Gasteiger partial charge is 0.161 e. The van der Waals surface area contributed by atoms with Crippen molar-refractivity contribution in [2.45, 2.75) is 19.3 Å². The number of fused-ring (bicyclic) bond motifs is 5. The van der Waals surface area contributed by atoms with E-state index in [4.69, 9.17) is 4.74 Å². The highest BCUT2D eigenvalue weighted by molar-refractivity contribution is 5.96. The van der Waals surface area contributed by atoms with E-state index in [0.717, 1.165) is 32.2 Å². The van der Waals surface area contributed by atoms with Crippen molar-refractivity contribution in [3.8, 4) is 0 Å². The molecule has 2 saturated carbocycles. The molecular weight excluding hydrogens is 214 g/mol. The van der Waals surface area contributed by atoms with Gasteiger partial charge in [0.1, 0.15) is 0 Å². The third-order valence-corrected chi connectivity index (χ3v) is 5.25. The molecule has 3 heteroatoms. The number of nitrogens with zero attached hydrogens (tertiary/aromatic N) is 1. The molecule has 1 heterocycles. The van der Waals surface area contributed by atoms with Gasteiger partial charge in [0.25, 0.3) is 0 Å². The highest BCUT2D eigenvalue weighted by Crippen LogP contribution is 2.58. The van der Waals surface area contributed by atoms with Crippen LogP contribution in [0.5, 0.6) is 0 Å². The fourth-order valence-corrected chi connectivity index (χ4v) is 4.59. The molecule has 0 unspecified atom stereocenters. The molecule has 0 aromatic heterocycles. The van der Waals surface area contributed by atoms with Crippen LogP contribution >= 0.6 is 0 Å². The lowest BCUT2D eigenvalue weighted by Crippen LogP contribution is -2.39. The van der Waals surface area contributed by atoms with Crippen LogP contribution in [0.3, 0.4) is 0 Å². The zero-order valence-corrected chi connectivity index (χ0v) is 10.1. The van der Waals surface area contributed by atoms with Gasteiger partial charge in [-0.15, -0.1) is 0 Å². The first kappa shape index (κ1) is 10.1. The quantitative estimate of drug-likeness (QED) is 0.686. The number of morpholine rings is 1. The van der Waals surface area contributed by atoms with Gasteiger partial charge in [0.15, 0.2) is 5.78 Å². The van der Waals surface area contributed by atoms with Gasteiger partial charge in [-0.25, -0.2) is 0 Å². The van der Waals surface area contributed by atoms with E-state index in [9.17, 15) is 4.79 Å². The fourth-order valence-electron chi connectivity index (χ4n) is 4.59. The summed E-state index contributed by atoms with van der Waals surface area (Å²) in [6.07, 6.45) is 5.91. The summed E-state index contributed by atoms with van der Waals surface area (Å²) in [6.45, 7) is 3.58. The number of hydrogen-bond donors (Lipinski definition) is 0. The Bertz CT molecular complexity index is 384. The van der Waals surface area contributed by atoms with Gasteiger partial charge in [-0.2, -0.15) is 0 Å². The second-order valence-electron chi connectivity index (χ2n) is 5.96. The lowest BCUT2D eigenvalue weighted by molar-refractivity contribution is -0.119. The Labute approximate surface area is 102 Å². The average Bonchev–Trinajstić information content (AvgIpc) is 3.03. The Hall–Kier alpha value is -0.830. The summed E-state index contributed by atoms with van der Waals surface area (Å²) in [7, 11) is 0. The Morgan fingerprint density at radius 1 is 1.12 bits per heavy atom. The second kappa shape index (κ2) is 3.58. The Morgan fingerprint density at radius 3 is 2.59 bits per heavy atom. The van der Waals surface area contributed by atoms with Crippen molar-refractivity contribution in [1.82, 2.24) is 4.90 Å². The number of carbonyl (C=O) groups is 1. The number of allylic oxidation sites excluding steroid dienone is 2. The number of carbonyl (C=O) groups excluding carboxylic acids is 1. The van der Waals surface area contributed by atoms with E-state index in [0.29, 0.717) is 23.5 Å². The molecule has 0 spiro atoms. The lowest BCUT2D eigenvalue weighted by Gasteiger charge is -2.35. The van der Waals surface area contributed by atoms with Crippen LogP contribution in [-0.2, 0) is 9.53 Å². The molecule has 1 saturated heterocycles. The van der Waals surface area contributed by atoms with Crippen molar-refractivity contribution < 1.29 is 9.53 Å². The molecular formula is C14H19NO2. The van der Waals surface area contributed by atoms with Gasteiger partial charge in [0.05, 0.1) is 13.2 Å². The van der Waals surface area contributed by atoms with Crippen LogP contribution in [0.25, 0.3) is 0 Å². The van der Waals surface area contributed by atoms with E-state index in [-0.39, 0.29) is 0 Å². The molecule has 3 fully saturated rings. The van der Waals surface area contributed by atoms with Gasteiger partial charge >= 0.3 is 0 Å². The van der Waals surface area contributed by atoms with Crippen molar-refractivity contribution in [2.75, 3.05) is 26.3 Å². The highest BCUT2D eigenvalue weighted by atomic mass is 16.5. The minimum absolute atomic E-state index is 0.353. The first-order valence-electron chi connectivity index (χ1n) is 6.93. The van der Waals surface area contributed by atoms with Crippen LogP contribution in [0.1, 0.15) is 19.3 Å². The van der Waals surface area contributed by atoms with Crippen molar-refractivity contribution in [3.63, 3.8) is 0 Å². The SMILES string of the molecule is O=C1C=C(N2CCOCC2)[C@H]2[C@H]3CC[C@H](C3)[C@@H]12. The number of ether oxygens (including phenoxy) is 1. The van der Waals surface area contributed by atoms with Crippen molar-refractivity contribution in [1.29, 1.82) is 0 Å². The minimum Gasteiger partial charge on any atom is -0.378 e. The number of hydrogen-bond acceptors (Lipinski definition) is 3. The predicted octanol–water partition coefficient (Wildman–Crippen LogP) is 1.45. The van der Waals surface area contributed by atoms with Gasteiger partial charge < -0.3 is 9.64 Å². The van der Waals surface area contributed by atoms with E-state index in [2.05, 4.69) is 4.90 Å². The zero-order valence-electron chi connectivity index (χ0n) is 10.1. The first-order chi connectivity index (χ1) is 8.34. The van der Waals surface area contributed by atoms with Crippen molar-refractivity contribution in [3.05, 3.63) is 11.8 Å². The Kier molecular flexibility index (Phi) is 2.13. The summed E-state index contributed by atoms with van der Waals surface area (Å²) in [4.78, 5) is 14.6. The van der Waals surface area contributed by atoms with Crippen LogP contribution in [0.4, 0.5) is 0 Å². The van der Waals surface area contributed by atoms with Crippen LogP contribution in [0, 0.1) is 23.7 Å². The summed E-state index contributed by atoms with van der Waals surface area (Å²) in [5, 5.41) is 0. The molecule has 17 heavy (non-hydrogen) atoms. The standard InChI is InChI=1S/C14H19NO2/c16-12-8-11(15-3-5-17-6-4-15)13-9-1-2-10(7-9)14(12)13/h8-10,13-14H,1-7H2/t9-,10+,13+,14-/m0/s1. The number of rotatable bonds is 1. The maximum absolute atomic E-state index is 12.2. The zero-order chi connectivity index (χ0) is 11.4. The lowest BCUT2D eigenvalue weighted by atomic mass is 9.79. The Balaban J connectivity index is 1.63. The highest BCUT2D eigenvalue weighted by Gasteiger charge is 2.55. The van der Waals surface area contributed by atoms with Crippen LogP contribution in [0.15, 0.2) is 11.8 Å². The summed E-state index contributed by atoms with van der Waals surface area (Å²) < 4.78 is 5.41. The van der Waals surface area contributed by atoms with Gasteiger partial charge in [0, 0.05) is 36.7 Å². The van der Waals surface area contributed by atoms with Gasteiger partial charge in [0.2, 0.25) is 0 Å². The van der Waals surface area contributed by atoms with E-state index in [1.54, 1.807) is 0 Å². The molecule has 4 aliphatic rings. The normalized spacial score (nSPS) is 44.1. The molecule has 4 rings (SSSR count). The maximum atomic E-state index is 12.2. The summed E-state index contributed by atoms with van der Waals surface area (Å²) in [5.41, 5.74) is 1.36. The second-order valence-corrected chi connectivity index (χ2v) is 5.96. The summed E-state index contributed by atoms with van der Waals surface area (Å²) in [6, 6.07) is 0. The summed E-state index contributed by atoms with van der Waals surface area (Å²) in [5.74, 6) is 2.84. The van der Waals surface area contributed by atoms with E-state index in [1.807, 2.05) is 6.08 Å². The maximum Gasteiger partial charge on any atom is 0.161 e. The van der Waals surface area contributed by atoms with Crippen molar-refractivity contribution in [2.24, 2.45) is 23.7 Å². The van der Waals surface area contributed by atoms with Gasteiger partial charge in [-0.05, 0) is 31.1 Å². The molecule has 92 valence electrons. The van der Waals surface area contributed by atoms with Gasteiger partial charge in [-0.3, -0.25) is 4.79 Å².